The average molecular weight is 439 g/mol. The lowest BCUT2D eigenvalue weighted by Crippen LogP contribution is -2.49. The topological polar surface area (TPSA) is 85.5 Å². The minimum atomic E-state index is -0.0156. The second-order valence-corrected chi connectivity index (χ2v) is 8.68. The van der Waals surface area contributed by atoms with Crippen molar-refractivity contribution in [2.75, 3.05) is 44.6 Å². The molecule has 0 unspecified atom stereocenters. The summed E-state index contributed by atoms with van der Waals surface area (Å²) in [6, 6.07) is 5.97. The van der Waals surface area contributed by atoms with Gasteiger partial charge < -0.3 is 10.3 Å². The number of aromatic nitrogens is 1. The van der Waals surface area contributed by atoms with Crippen LogP contribution in [0.5, 0.6) is 0 Å². The number of hydrogen-bond donors (Lipinski definition) is 2. The van der Waals surface area contributed by atoms with Gasteiger partial charge in [-0.05, 0) is 50.8 Å². The zero-order valence-electron chi connectivity index (χ0n) is 19.8. The van der Waals surface area contributed by atoms with E-state index in [0.29, 0.717) is 30.8 Å². The minimum Gasteiger partial charge on any atom is -0.355 e. The summed E-state index contributed by atoms with van der Waals surface area (Å²) in [5.41, 5.74) is 5.79. The number of Topliss-reactive ketones (excluding diaryl/α,β-unsaturated/α-hetero) is 2. The van der Waals surface area contributed by atoms with E-state index in [9.17, 15) is 14.4 Å². The summed E-state index contributed by atoms with van der Waals surface area (Å²) in [5, 5.41) is 3.04. The Morgan fingerprint density at radius 3 is 2.06 bits per heavy atom. The zero-order chi connectivity index (χ0) is 23.4. The first kappa shape index (κ1) is 23.9. The monoisotopic (exact) mass is 438 g/mol. The fourth-order valence-electron chi connectivity index (χ4n) is 4.53. The lowest BCUT2D eigenvalue weighted by atomic mass is 10.0. The number of ketones is 2. The molecule has 1 aromatic carbocycles. The predicted octanol–water partition coefficient (Wildman–Crippen LogP) is 3.14. The van der Waals surface area contributed by atoms with E-state index >= 15 is 0 Å². The smallest absolute Gasteiger partial charge is 0.238 e. The number of aromatic amines is 1. The Morgan fingerprint density at radius 2 is 1.53 bits per heavy atom. The van der Waals surface area contributed by atoms with Gasteiger partial charge in [0.05, 0.1) is 18.8 Å². The number of carbonyl (C=O) groups is 3. The van der Waals surface area contributed by atoms with Gasteiger partial charge in [-0.25, -0.2) is 0 Å². The molecule has 1 aliphatic heterocycles. The highest BCUT2D eigenvalue weighted by atomic mass is 16.2. The third-order valence-corrected chi connectivity index (χ3v) is 6.22. The number of benzene rings is 1. The molecule has 0 spiro atoms. The Hall–Kier alpha value is -2.77. The van der Waals surface area contributed by atoms with Gasteiger partial charge in [0.2, 0.25) is 5.91 Å². The maximum absolute atomic E-state index is 12.9. The molecular weight excluding hydrogens is 404 g/mol. The Kier molecular flexibility index (Phi) is 7.64. The second-order valence-electron chi connectivity index (χ2n) is 8.68. The van der Waals surface area contributed by atoms with Gasteiger partial charge in [-0.2, -0.15) is 0 Å². The zero-order valence-corrected chi connectivity index (χ0v) is 19.8. The molecule has 1 aromatic heterocycles. The van der Waals surface area contributed by atoms with Gasteiger partial charge in [-0.15, -0.1) is 0 Å². The van der Waals surface area contributed by atoms with Crippen LogP contribution in [0.15, 0.2) is 18.2 Å². The largest absolute Gasteiger partial charge is 0.355 e. The van der Waals surface area contributed by atoms with Crippen LogP contribution < -0.4 is 5.32 Å². The van der Waals surface area contributed by atoms with E-state index in [1.807, 2.05) is 45.9 Å². The fraction of sp³-hybridized carbons (Fsp3) is 0.480. The van der Waals surface area contributed by atoms with Gasteiger partial charge in [0.1, 0.15) is 0 Å². The van der Waals surface area contributed by atoms with Gasteiger partial charge in [0, 0.05) is 43.1 Å². The Bertz CT molecular complexity index is 996. The van der Waals surface area contributed by atoms with E-state index in [2.05, 4.69) is 20.1 Å². The van der Waals surface area contributed by atoms with Crippen LogP contribution in [-0.4, -0.2) is 71.5 Å². The van der Waals surface area contributed by atoms with E-state index < -0.39 is 0 Å². The molecule has 1 fully saturated rings. The number of nitrogens with one attached hydrogen (secondary N) is 2. The summed E-state index contributed by atoms with van der Waals surface area (Å²) in [5.74, 6) is -0.0146. The summed E-state index contributed by atoms with van der Waals surface area (Å²) < 4.78 is 0. The van der Waals surface area contributed by atoms with Crippen molar-refractivity contribution < 1.29 is 14.4 Å². The number of carbonyl (C=O) groups excluding carboxylic acids is 3. The number of amides is 1. The van der Waals surface area contributed by atoms with Crippen LogP contribution in [0.4, 0.5) is 5.69 Å². The highest BCUT2D eigenvalue weighted by Gasteiger charge is 2.25. The summed E-state index contributed by atoms with van der Waals surface area (Å²) >= 11 is 0. The molecule has 0 bridgehead atoms. The SMILES string of the molecule is CCc1c(C(=O)CN2CCN(CC(=O)Nc3c(C)cccc3C)CC2)[nH]c(C)c1C(C)=O. The first-order valence-electron chi connectivity index (χ1n) is 11.3. The molecule has 32 heavy (non-hydrogen) atoms. The number of piperazine rings is 1. The molecule has 2 heterocycles. The first-order chi connectivity index (χ1) is 15.2. The molecule has 1 saturated heterocycles. The van der Waals surface area contributed by atoms with Crippen LogP contribution in [0.1, 0.15) is 57.1 Å². The number of nitrogens with zero attached hydrogens (tertiary/aromatic N) is 2. The van der Waals surface area contributed by atoms with Gasteiger partial charge in [-0.3, -0.25) is 24.2 Å². The van der Waals surface area contributed by atoms with E-state index in [-0.39, 0.29) is 17.5 Å². The van der Waals surface area contributed by atoms with E-state index in [0.717, 1.165) is 54.3 Å². The minimum absolute atomic E-state index is 0.0116. The van der Waals surface area contributed by atoms with Crippen molar-refractivity contribution in [2.45, 2.75) is 41.0 Å². The maximum Gasteiger partial charge on any atom is 0.238 e. The van der Waals surface area contributed by atoms with Gasteiger partial charge >= 0.3 is 0 Å². The van der Waals surface area contributed by atoms with Crippen LogP contribution in [0.3, 0.4) is 0 Å². The van der Waals surface area contributed by atoms with Crippen molar-refractivity contribution in [2.24, 2.45) is 0 Å². The molecule has 3 rings (SSSR count). The Balaban J connectivity index is 1.53. The molecule has 172 valence electrons. The molecule has 0 radical (unpaired) electrons. The third kappa shape index (κ3) is 5.34. The maximum atomic E-state index is 12.9. The van der Waals surface area contributed by atoms with Crippen LogP contribution in [0, 0.1) is 20.8 Å². The fourth-order valence-corrected chi connectivity index (χ4v) is 4.53. The highest BCUT2D eigenvalue weighted by Crippen LogP contribution is 2.22. The molecule has 1 aliphatic rings. The van der Waals surface area contributed by atoms with Crippen LogP contribution in [-0.2, 0) is 11.2 Å². The summed E-state index contributed by atoms with van der Waals surface area (Å²) in [4.78, 5) is 44.8. The molecule has 0 aliphatic carbocycles. The summed E-state index contributed by atoms with van der Waals surface area (Å²) in [7, 11) is 0. The van der Waals surface area contributed by atoms with E-state index in [1.54, 1.807) is 6.92 Å². The van der Waals surface area contributed by atoms with Crippen LogP contribution in [0.25, 0.3) is 0 Å². The molecule has 7 nitrogen and oxygen atoms in total. The second kappa shape index (κ2) is 10.2. The van der Waals surface area contributed by atoms with Crippen molar-refractivity contribution in [1.29, 1.82) is 0 Å². The van der Waals surface area contributed by atoms with Gasteiger partial charge in [-0.1, -0.05) is 25.1 Å². The lowest BCUT2D eigenvalue weighted by Gasteiger charge is -2.33. The molecule has 2 aromatic rings. The van der Waals surface area contributed by atoms with Crippen LogP contribution in [0.2, 0.25) is 0 Å². The summed E-state index contributed by atoms with van der Waals surface area (Å²) in [6.07, 6.45) is 0.642. The highest BCUT2D eigenvalue weighted by molar-refractivity contribution is 6.04. The number of hydrogen-bond acceptors (Lipinski definition) is 5. The van der Waals surface area contributed by atoms with Crippen LogP contribution >= 0.6 is 0 Å². The molecule has 0 saturated carbocycles. The van der Waals surface area contributed by atoms with Crippen molar-refractivity contribution >= 4 is 23.2 Å². The number of rotatable bonds is 8. The molecule has 2 N–H and O–H groups in total. The van der Waals surface area contributed by atoms with Crippen molar-refractivity contribution in [3.05, 3.63) is 51.8 Å². The number of para-hydroxylation sites is 1. The predicted molar refractivity (Wildman–Crippen MR) is 127 cm³/mol. The van der Waals surface area contributed by atoms with Gasteiger partial charge in [0.15, 0.2) is 11.6 Å². The Labute approximate surface area is 190 Å². The van der Waals surface area contributed by atoms with Crippen molar-refractivity contribution in [3.63, 3.8) is 0 Å². The quantitative estimate of drug-likeness (QED) is 0.619. The first-order valence-corrected chi connectivity index (χ1v) is 11.3. The van der Waals surface area contributed by atoms with Gasteiger partial charge in [0.25, 0.3) is 0 Å². The molecular formula is C25H34N4O3. The molecule has 1 amide bonds. The van der Waals surface area contributed by atoms with Crippen molar-refractivity contribution in [1.82, 2.24) is 14.8 Å². The number of anilines is 1. The normalized spacial score (nSPS) is 15.0. The molecule has 0 atom stereocenters. The van der Waals surface area contributed by atoms with Crippen molar-refractivity contribution in [3.8, 4) is 0 Å². The number of H-pyrrole nitrogens is 1. The summed E-state index contributed by atoms with van der Waals surface area (Å²) in [6.45, 7) is 12.9. The Morgan fingerprint density at radius 1 is 0.969 bits per heavy atom. The standard InChI is InChI=1S/C25H34N4O3/c1-6-20-23(19(5)30)18(4)26-25(20)21(31)14-28-10-12-29(13-11-28)15-22(32)27-24-16(2)8-7-9-17(24)3/h7-9,26H,6,10-15H2,1-5H3,(H,27,32). The third-order valence-electron chi connectivity index (χ3n) is 6.22. The van der Waals surface area contributed by atoms with E-state index in [4.69, 9.17) is 0 Å². The van der Waals surface area contributed by atoms with E-state index in [1.165, 1.54) is 0 Å². The molecule has 7 heteroatoms. The number of aryl methyl sites for hydroxylation is 3. The average Bonchev–Trinajstić information content (AvgIpc) is 3.09. The lowest BCUT2D eigenvalue weighted by molar-refractivity contribution is -0.117.